The van der Waals surface area contributed by atoms with Crippen LogP contribution in [0.3, 0.4) is 0 Å². The number of nitrogens with one attached hydrogen (secondary N) is 1. The Labute approximate surface area is 126 Å². The number of aromatic nitrogens is 1. The van der Waals surface area contributed by atoms with E-state index in [9.17, 15) is 0 Å². The zero-order chi connectivity index (χ0) is 14.3. The lowest BCUT2D eigenvalue weighted by atomic mass is 9.76. The summed E-state index contributed by atoms with van der Waals surface area (Å²) in [5, 5.41) is 4.77. The molecule has 1 N–H and O–H groups in total. The first-order chi connectivity index (χ1) is 9.54. The maximum Gasteiger partial charge on any atom is 0.186 e. The van der Waals surface area contributed by atoms with E-state index in [0.29, 0.717) is 17.5 Å². The van der Waals surface area contributed by atoms with Crippen LogP contribution < -0.4 is 10.2 Å². The minimum absolute atomic E-state index is 0.362. The predicted molar refractivity (Wildman–Crippen MR) is 86.7 cm³/mol. The Kier molecular flexibility index (Phi) is 3.80. The molecule has 0 bridgehead atoms. The largest absolute Gasteiger partial charge is 0.345 e. The van der Waals surface area contributed by atoms with Crippen molar-refractivity contribution >= 4 is 16.5 Å². The average molecular weight is 293 g/mol. The number of hydrogen-bond acceptors (Lipinski definition) is 4. The van der Waals surface area contributed by atoms with Crippen LogP contribution in [0.15, 0.2) is 0 Å². The molecule has 20 heavy (non-hydrogen) atoms. The molecule has 2 unspecified atom stereocenters. The van der Waals surface area contributed by atoms with Crippen molar-refractivity contribution in [3.8, 4) is 0 Å². The van der Waals surface area contributed by atoms with Gasteiger partial charge in [-0.3, -0.25) is 0 Å². The van der Waals surface area contributed by atoms with E-state index in [1.165, 1.54) is 47.9 Å². The van der Waals surface area contributed by atoms with Crippen LogP contribution in [-0.2, 0) is 6.42 Å². The van der Waals surface area contributed by atoms with Crippen LogP contribution >= 0.6 is 11.3 Å². The molecule has 1 saturated heterocycles. The first kappa shape index (κ1) is 14.3. The first-order valence-corrected chi connectivity index (χ1v) is 8.79. The van der Waals surface area contributed by atoms with Crippen molar-refractivity contribution in [3.63, 3.8) is 0 Å². The van der Waals surface area contributed by atoms with Crippen LogP contribution in [-0.4, -0.2) is 24.6 Å². The Morgan fingerprint density at radius 2 is 2.25 bits per heavy atom. The highest BCUT2D eigenvalue weighted by Gasteiger charge is 2.36. The lowest BCUT2D eigenvalue weighted by Crippen LogP contribution is -2.30. The maximum absolute atomic E-state index is 5.03. The van der Waals surface area contributed by atoms with Gasteiger partial charge in [-0.1, -0.05) is 32.1 Å². The quantitative estimate of drug-likeness (QED) is 0.920. The van der Waals surface area contributed by atoms with Gasteiger partial charge in [-0.25, -0.2) is 4.98 Å². The van der Waals surface area contributed by atoms with E-state index in [1.807, 2.05) is 11.3 Å². The number of hydrogen-bond donors (Lipinski definition) is 1. The predicted octanol–water partition coefficient (Wildman–Crippen LogP) is 3.75. The van der Waals surface area contributed by atoms with E-state index < -0.39 is 0 Å². The number of thiazole rings is 1. The topological polar surface area (TPSA) is 28.2 Å². The molecule has 4 heteroatoms. The molecule has 0 radical (unpaired) electrons. The van der Waals surface area contributed by atoms with E-state index in [4.69, 9.17) is 4.98 Å². The Morgan fingerprint density at radius 3 is 2.95 bits per heavy atom. The van der Waals surface area contributed by atoms with Gasteiger partial charge in [-0.05, 0) is 44.6 Å². The van der Waals surface area contributed by atoms with Gasteiger partial charge in [0.2, 0.25) is 0 Å². The molecule has 3 nitrogen and oxygen atoms in total. The molecule has 1 fully saturated rings. The normalized spacial score (nSPS) is 28.7. The molecule has 112 valence electrons. The van der Waals surface area contributed by atoms with Crippen LogP contribution in [0.5, 0.6) is 0 Å². The van der Waals surface area contributed by atoms with E-state index in [0.717, 1.165) is 6.42 Å². The highest BCUT2D eigenvalue weighted by atomic mass is 32.1. The minimum Gasteiger partial charge on any atom is -0.345 e. The Hall–Kier alpha value is -0.610. The number of nitrogens with zero attached hydrogens (tertiary/aromatic N) is 2. The van der Waals surface area contributed by atoms with E-state index in [1.54, 1.807) is 0 Å². The molecule has 1 aliphatic heterocycles. The summed E-state index contributed by atoms with van der Waals surface area (Å²) in [5.74, 6) is 0. The fraction of sp³-hybridized carbons (Fsp3) is 0.812. The van der Waals surface area contributed by atoms with Crippen molar-refractivity contribution < 1.29 is 0 Å². The Balaban J connectivity index is 1.91. The fourth-order valence-corrected chi connectivity index (χ4v) is 5.08. The monoisotopic (exact) mass is 293 g/mol. The molecule has 2 atom stereocenters. The van der Waals surface area contributed by atoms with Gasteiger partial charge in [0.25, 0.3) is 0 Å². The minimum atomic E-state index is 0.362. The second-order valence-corrected chi connectivity index (χ2v) is 8.10. The summed E-state index contributed by atoms with van der Waals surface area (Å²) in [6.07, 6.45) is 6.24. The molecule has 0 spiro atoms. The van der Waals surface area contributed by atoms with Crippen molar-refractivity contribution in [2.75, 3.05) is 18.5 Å². The van der Waals surface area contributed by atoms with Gasteiger partial charge in [0.05, 0.1) is 5.69 Å². The third-order valence-electron chi connectivity index (χ3n) is 4.88. The summed E-state index contributed by atoms with van der Waals surface area (Å²) in [5.41, 5.74) is 1.71. The molecule has 2 aliphatic rings. The molecular formula is C16H27N3S. The molecular weight excluding hydrogens is 266 g/mol. The maximum atomic E-state index is 5.03. The molecule has 0 amide bonds. The van der Waals surface area contributed by atoms with E-state index in [-0.39, 0.29) is 0 Å². The Morgan fingerprint density at radius 1 is 1.45 bits per heavy atom. The number of anilines is 1. The third kappa shape index (κ3) is 2.48. The molecule has 1 aliphatic carbocycles. The summed E-state index contributed by atoms with van der Waals surface area (Å²) in [7, 11) is 2.08. The van der Waals surface area contributed by atoms with Crippen molar-refractivity contribution in [3.05, 3.63) is 10.6 Å². The summed E-state index contributed by atoms with van der Waals surface area (Å²) in [6, 6.07) is 1.20. The van der Waals surface area contributed by atoms with Gasteiger partial charge < -0.3 is 10.2 Å². The standard InChI is InChI=1S/C16H27N3S/c1-5-11-7-6-8-19(11)15-18-13-10-16(2,3)9-12(17-4)14(13)20-15/h11-12,17H,5-10H2,1-4H3. The molecule has 0 aromatic carbocycles. The summed E-state index contributed by atoms with van der Waals surface area (Å²) >= 11 is 1.94. The second kappa shape index (κ2) is 5.30. The fourth-order valence-electron chi connectivity index (χ4n) is 3.79. The van der Waals surface area contributed by atoms with Gasteiger partial charge in [-0.15, -0.1) is 0 Å². The van der Waals surface area contributed by atoms with Gasteiger partial charge in [0.1, 0.15) is 0 Å². The van der Waals surface area contributed by atoms with Gasteiger partial charge in [0.15, 0.2) is 5.13 Å². The lowest BCUT2D eigenvalue weighted by molar-refractivity contribution is 0.265. The van der Waals surface area contributed by atoms with Crippen molar-refractivity contribution in [2.45, 2.75) is 65.0 Å². The van der Waals surface area contributed by atoms with Crippen LogP contribution in [0.4, 0.5) is 5.13 Å². The van der Waals surface area contributed by atoms with Crippen LogP contribution in [0, 0.1) is 5.41 Å². The zero-order valence-corrected chi connectivity index (χ0v) is 14.0. The first-order valence-electron chi connectivity index (χ1n) is 7.97. The van der Waals surface area contributed by atoms with E-state index in [2.05, 4.69) is 38.0 Å². The Bertz CT molecular complexity index is 480. The highest BCUT2D eigenvalue weighted by Crippen LogP contribution is 2.45. The van der Waals surface area contributed by atoms with Gasteiger partial charge in [-0.2, -0.15) is 0 Å². The average Bonchev–Trinajstić information content (AvgIpc) is 3.01. The van der Waals surface area contributed by atoms with Crippen LogP contribution in [0.2, 0.25) is 0 Å². The van der Waals surface area contributed by atoms with Crippen LogP contribution in [0.1, 0.15) is 63.1 Å². The lowest BCUT2D eigenvalue weighted by Gasteiger charge is -2.34. The van der Waals surface area contributed by atoms with Gasteiger partial charge in [0, 0.05) is 23.5 Å². The second-order valence-electron chi connectivity index (χ2n) is 7.09. The molecule has 0 saturated carbocycles. The molecule has 3 rings (SSSR count). The molecule has 2 heterocycles. The van der Waals surface area contributed by atoms with E-state index >= 15 is 0 Å². The van der Waals surface area contributed by atoms with Crippen LogP contribution in [0.25, 0.3) is 0 Å². The summed E-state index contributed by atoms with van der Waals surface area (Å²) in [6.45, 7) is 8.22. The highest BCUT2D eigenvalue weighted by molar-refractivity contribution is 7.15. The SMILES string of the molecule is CCC1CCCN1c1nc2c(s1)C(NC)CC(C)(C)C2. The number of rotatable bonds is 3. The smallest absolute Gasteiger partial charge is 0.186 e. The van der Waals surface area contributed by atoms with Crippen molar-refractivity contribution in [2.24, 2.45) is 5.41 Å². The summed E-state index contributed by atoms with van der Waals surface area (Å²) in [4.78, 5) is 9.08. The third-order valence-corrected chi connectivity index (χ3v) is 6.13. The van der Waals surface area contributed by atoms with Crippen molar-refractivity contribution in [1.29, 1.82) is 0 Å². The number of fused-ring (bicyclic) bond motifs is 1. The van der Waals surface area contributed by atoms with Crippen molar-refractivity contribution in [1.82, 2.24) is 10.3 Å². The zero-order valence-electron chi connectivity index (χ0n) is 13.2. The summed E-state index contributed by atoms with van der Waals surface area (Å²) < 4.78 is 0. The molecule has 1 aromatic rings. The molecule has 1 aromatic heterocycles. The van der Waals surface area contributed by atoms with Gasteiger partial charge >= 0.3 is 0 Å².